The molecule has 9 nitrogen and oxygen atoms in total. The van der Waals surface area contributed by atoms with E-state index in [9.17, 15) is 10.1 Å². The maximum absolute atomic E-state index is 10.7. The molecule has 0 aliphatic carbocycles. The average molecular weight is 329 g/mol. The third kappa shape index (κ3) is 3.40. The Labute approximate surface area is 137 Å². The zero-order valence-electron chi connectivity index (χ0n) is 13.2. The third-order valence-electron chi connectivity index (χ3n) is 3.46. The molecule has 2 aromatic heterocycles. The highest BCUT2D eigenvalue weighted by molar-refractivity contribution is 5.28. The van der Waals surface area contributed by atoms with Gasteiger partial charge < -0.3 is 19.3 Å². The summed E-state index contributed by atoms with van der Waals surface area (Å²) in [6.07, 6.45) is 0.495. The Morgan fingerprint density at radius 2 is 1.96 bits per heavy atom. The molecule has 0 bridgehead atoms. The number of nitro groups is 1. The van der Waals surface area contributed by atoms with E-state index in [0.717, 1.165) is 11.3 Å². The van der Waals surface area contributed by atoms with Gasteiger partial charge in [-0.2, -0.15) is 4.68 Å². The van der Waals surface area contributed by atoms with Crippen LogP contribution in [0.4, 0.5) is 5.82 Å². The molecule has 0 amide bonds. The van der Waals surface area contributed by atoms with Gasteiger partial charge in [-0.05, 0) is 29.5 Å². The van der Waals surface area contributed by atoms with E-state index < -0.39 is 4.92 Å². The first-order valence-corrected chi connectivity index (χ1v) is 7.18. The Morgan fingerprint density at radius 1 is 1.25 bits per heavy atom. The molecule has 24 heavy (non-hydrogen) atoms. The molecule has 0 aliphatic rings. The number of methoxy groups -OCH3 is 1. The van der Waals surface area contributed by atoms with Crippen molar-refractivity contribution in [2.45, 2.75) is 19.9 Å². The van der Waals surface area contributed by atoms with Crippen LogP contribution in [0.3, 0.4) is 0 Å². The summed E-state index contributed by atoms with van der Waals surface area (Å²) in [4.78, 5) is 10.2. The van der Waals surface area contributed by atoms with E-state index in [0.29, 0.717) is 23.9 Å². The van der Waals surface area contributed by atoms with Gasteiger partial charge in [0.05, 0.1) is 30.4 Å². The number of benzene rings is 1. The molecule has 9 heteroatoms. The number of ether oxygens (including phenoxy) is 1. The van der Waals surface area contributed by atoms with E-state index >= 15 is 0 Å². The molecule has 3 rings (SSSR count). The van der Waals surface area contributed by atoms with Gasteiger partial charge in [-0.3, -0.25) is 0 Å². The van der Waals surface area contributed by atoms with Gasteiger partial charge in [-0.15, -0.1) is 10.2 Å². The van der Waals surface area contributed by atoms with Crippen LogP contribution < -0.4 is 4.74 Å². The Kier molecular flexibility index (Phi) is 4.23. The molecule has 0 aliphatic heterocycles. The second-order valence-corrected chi connectivity index (χ2v) is 5.17. The zero-order chi connectivity index (χ0) is 17.1. The van der Waals surface area contributed by atoms with Gasteiger partial charge in [-0.1, -0.05) is 12.1 Å². The smallest absolute Gasteiger partial charge is 0.390 e. The van der Waals surface area contributed by atoms with Crippen molar-refractivity contribution in [1.82, 2.24) is 20.0 Å². The van der Waals surface area contributed by atoms with E-state index in [1.165, 1.54) is 10.7 Å². The second kappa shape index (κ2) is 6.49. The van der Waals surface area contributed by atoms with E-state index in [2.05, 4.69) is 15.3 Å². The highest BCUT2D eigenvalue weighted by atomic mass is 16.6. The highest BCUT2D eigenvalue weighted by Crippen LogP contribution is 2.16. The van der Waals surface area contributed by atoms with Gasteiger partial charge in [0, 0.05) is 0 Å². The minimum absolute atomic E-state index is 0.190. The van der Waals surface area contributed by atoms with Crippen LogP contribution in [0.15, 0.2) is 34.7 Å². The zero-order valence-corrected chi connectivity index (χ0v) is 13.2. The van der Waals surface area contributed by atoms with E-state index in [-0.39, 0.29) is 12.4 Å². The van der Waals surface area contributed by atoms with Crippen LogP contribution in [-0.2, 0) is 13.0 Å². The Bertz CT molecular complexity index is 853. The molecule has 124 valence electrons. The van der Waals surface area contributed by atoms with Crippen molar-refractivity contribution in [3.05, 3.63) is 63.5 Å². The molecule has 0 saturated heterocycles. The summed E-state index contributed by atoms with van der Waals surface area (Å²) in [6.45, 7) is 1.92. The largest absolute Gasteiger partial charge is 0.497 e. The first-order valence-electron chi connectivity index (χ1n) is 7.18. The molecule has 0 saturated carbocycles. The van der Waals surface area contributed by atoms with Crippen molar-refractivity contribution in [2.24, 2.45) is 0 Å². The molecular formula is C15H15N5O4. The minimum atomic E-state index is -0.535. The van der Waals surface area contributed by atoms with Crippen LogP contribution in [0.2, 0.25) is 0 Å². The van der Waals surface area contributed by atoms with Gasteiger partial charge in [-0.25, -0.2) is 0 Å². The van der Waals surface area contributed by atoms with Crippen LogP contribution in [0, 0.1) is 17.0 Å². The van der Waals surface area contributed by atoms with E-state index in [1.54, 1.807) is 14.0 Å². The van der Waals surface area contributed by atoms with Crippen molar-refractivity contribution in [2.75, 3.05) is 7.11 Å². The Morgan fingerprint density at radius 3 is 2.58 bits per heavy atom. The summed E-state index contributed by atoms with van der Waals surface area (Å²) in [7, 11) is 1.61. The number of nitrogens with zero attached hydrogens (tertiary/aromatic N) is 5. The van der Waals surface area contributed by atoms with Crippen LogP contribution in [0.25, 0.3) is 0 Å². The number of hydrogen-bond acceptors (Lipinski definition) is 7. The molecule has 3 aromatic rings. The number of hydrogen-bond donors (Lipinski definition) is 0. The summed E-state index contributed by atoms with van der Waals surface area (Å²) in [5.41, 5.74) is 1.66. The quantitative estimate of drug-likeness (QED) is 0.503. The van der Waals surface area contributed by atoms with Crippen LogP contribution in [0.5, 0.6) is 5.75 Å². The van der Waals surface area contributed by atoms with Gasteiger partial charge >= 0.3 is 5.82 Å². The fourth-order valence-corrected chi connectivity index (χ4v) is 2.21. The fraction of sp³-hybridized carbons (Fsp3) is 0.267. The van der Waals surface area contributed by atoms with Crippen molar-refractivity contribution in [1.29, 1.82) is 0 Å². The van der Waals surface area contributed by atoms with Crippen LogP contribution >= 0.6 is 0 Å². The molecule has 0 unspecified atom stereocenters. The van der Waals surface area contributed by atoms with Crippen molar-refractivity contribution in [3.8, 4) is 5.75 Å². The van der Waals surface area contributed by atoms with Gasteiger partial charge in [0.2, 0.25) is 11.8 Å². The normalized spacial score (nSPS) is 10.8. The van der Waals surface area contributed by atoms with Gasteiger partial charge in [0.1, 0.15) is 12.3 Å². The Hall–Kier alpha value is -3.23. The molecule has 0 atom stereocenters. The molecule has 0 spiro atoms. The maximum Gasteiger partial charge on any atom is 0.390 e. The lowest BCUT2D eigenvalue weighted by Crippen LogP contribution is -2.04. The summed E-state index contributed by atoms with van der Waals surface area (Å²) in [5, 5.41) is 22.6. The molecule has 0 N–H and O–H groups in total. The number of rotatable bonds is 6. The molecule has 1 aromatic carbocycles. The molecule has 0 fully saturated rings. The number of aryl methyl sites for hydroxylation is 1. The Balaban J connectivity index is 1.70. The van der Waals surface area contributed by atoms with Crippen molar-refractivity contribution >= 4 is 5.82 Å². The van der Waals surface area contributed by atoms with Crippen molar-refractivity contribution in [3.63, 3.8) is 0 Å². The first kappa shape index (κ1) is 15.7. The van der Waals surface area contributed by atoms with Crippen LogP contribution in [0.1, 0.15) is 23.0 Å². The molecule has 0 radical (unpaired) electrons. The molecular weight excluding hydrogens is 314 g/mol. The SMILES string of the molecule is COc1ccc(Cc2nnc(Cn3nc([N+](=O)[O-])cc3C)o2)cc1. The summed E-state index contributed by atoms with van der Waals surface area (Å²) in [6, 6.07) is 8.96. The van der Waals surface area contributed by atoms with Gasteiger partial charge in [0.15, 0.2) is 0 Å². The summed E-state index contributed by atoms with van der Waals surface area (Å²) in [5.74, 6) is 1.39. The average Bonchev–Trinajstić information content (AvgIpc) is 3.16. The number of aromatic nitrogens is 4. The van der Waals surface area contributed by atoms with E-state index in [1.807, 2.05) is 24.3 Å². The molecule has 2 heterocycles. The van der Waals surface area contributed by atoms with Gasteiger partial charge in [0.25, 0.3) is 0 Å². The summed E-state index contributed by atoms with van der Waals surface area (Å²) < 4.78 is 12.2. The lowest BCUT2D eigenvalue weighted by Gasteiger charge is -2.00. The topological polar surface area (TPSA) is 109 Å². The first-order chi connectivity index (χ1) is 11.5. The standard InChI is InChI=1S/C15H15N5O4/c1-10-7-13(20(21)22)18-19(10)9-15-17-16-14(24-15)8-11-3-5-12(23-2)6-4-11/h3-7H,8-9H2,1-2H3. The minimum Gasteiger partial charge on any atom is -0.497 e. The second-order valence-electron chi connectivity index (χ2n) is 5.17. The fourth-order valence-electron chi connectivity index (χ4n) is 2.21. The van der Waals surface area contributed by atoms with Crippen LogP contribution in [-0.4, -0.2) is 32.0 Å². The maximum atomic E-state index is 10.7. The van der Waals surface area contributed by atoms with Crippen molar-refractivity contribution < 1.29 is 14.1 Å². The summed E-state index contributed by atoms with van der Waals surface area (Å²) >= 11 is 0. The van der Waals surface area contributed by atoms with E-state index in [4.69, 9.17) is 9.15 Å². The lowest BCUT2D eigenvalue weighted by atomic mass is 10.1. The monoisotopic (exact) mass is 329 g/mol. The predicted octanol–water partition coefficient (Wildman–Crippen LogP) is 2.13. The third-order valence-corrected chi connectivity index (χ3v) is 3.46. The lowest BCUT2D eigenvalue weighted by molar-refractivity contribution is -0.389. The predicted molar refractivity (Wildman–Crippen MR) is 82.8 cm³/mol. The highest BCUT2D eigenvalue weighted by Gasteiger charge is 2.17.